The van der Waals surface area contributed by atoms with Crippen molar-refractivity contribution in [3.05, 3.63) is 36.2 Å². The molecule has 0 radical (unpaired) electrons. The molecule has 82 valence electrons. The Kier molecular flexibility index (Phi) is 2.39. The molecule has 0 aromatic heterocycles. The van der Waals surface area contributed by atoms with Gasteiger partial charge in [0.05, 0.1) is 17.6 Å². The zero-order valence-electron chi connectivity index (χ0n) is 8.03. The molecule has 0 bridgehead atoms. The van der Waals surface area contributed by atoms with Gasteiger partial charge in [-0.1, -0.05) is 12.1 Å². The van der Waals surface area contributed by atoms with Crippen molar-refractivity contribution < 1.29 is 15.2 Å². The number of rotatable bonds is 1. The largest absolute Gasteiger partial charge is 0.315 e. The third kappa shape index (κ3) is 1.44. The number of nitrogens with zero attached hydrogens (tertiary/aromatic N) is 3. The van der Waals surface area contributed by atoms with E-state index in [4.69, 9.17) is 5.53 Å². The second-order valence-electron chi connectivity index (χ2n) is 3.08. The van der Waals surface area contributed by atoms with Gasteiger partial charge >= 0.3 is 5.91 Å². The van der Waals surface area contributed by atoms with E-state index in [9.17, 15) is 15.2 Å². The first-order valence-corrected chi connectivity index (χ1v) is 4.35. The molecule has 1 aliphatic heterocycles. The van der Waals surface area contributed by atoms with Crippen LogP contribution < -0.4 is 10.1 Å². The standard InChI is InChI=1S/C9H8N4O3/c10-11-9(14)8-5-12(15)6-3-1-2-4-7(6)13(8)16/h1-5,10,15-16H. The Morgan fingerprint density at radius 3 is 2.50 bits per heavy atom. The number of nitrogens with one attached hydrogen (secondary N) is 1. The van der Waals surface area contributed by atoms with Crippen molar-refractivity contribution >= 4 is 17.3 Å². The molecule has 0 saturated heterocycles. The van der Waals surface area contributed by atoms with Crippen molar-refractivity contribution in [2.24, 2.45) is 5.11 Å². The molecule has 0 saturated carbocycles. The molecule has 1 aliphatic rings. The summed E-state index contributed by atoms with van der Waals surface area (Å²) >= 11 is 0. The number of hydroxylamine groups is 2. The minimum atomic E-state index is -0.948. The topological polar surface area (TPSA) is 100 Å². The summed E-state index contributed by atoms with van der Waals surface area (Å²) in [7, 11) is 0. The molecule has 3 N–H and O–H groups in total. The average Bonchev–Trinajstić information content (AvgIpc) is 2.33. The Balaban J connectivity index is 2.50. The zero-order valence-corrected chi connectivity index (χ0v) is 8.03. The van der Waals surface area contributed by atoms with Crippen molar-refractivity contribution in [1.29, 1.82) is 5.53 Å². The van der Waals surface area contributed by atoms with Crippen LogP contribution in [-0.4, -0.2) is 16.3 Å². The predicted octanol–water partition coefficient (Wildman–Crippen LogP) is 1.49. The number of anilines is 2. The number of carbonyl (C=O) groups excluding carboxylic acids is 1. The van der Waals surface area contributed by atoms with Crippen LogP contribution >= 0.6 is 0 Å². The maximum atomic E-state index is 11.2. The first-order valence-electron chi connectivity index (χ1n) is 4.35. The smallest absolute Gasteiger partial charge is 0.284 e. The van der Waals surface area contributed by atoms with Crippen LogP contribution in [0.2, 0.25) is 0 Å². The number of hydrogen-bond donors (Lipinski definition) is 3. The van der Waals surface area contributed by atoms with Crippen LogP contribution in [-0.2, 0) is 4.79 Å². The second-order valence-corrected chi connectivity index (χ2v) is 3.08. The summed E-state index contributed by atoms with van der Waals surface area (Å²) in [5, 5.41) is 23.2. The molecule has 2 rings (SSSR count). The highest BCUT2D eigenvalue weighted by Crippen LogP contribution is 2.34. The fourth-order valence-corrected chi connectivity index (χ4v) is 1.41. The number of carbonyl (C=O) groups is 1. The van der Waals surface area contributed by atoms with Gasteiger partial charge in [-0.25, -0.2) is 15.7 Å². The molecule has 0 fully saturated rings. The molecule has 1 amide bonds. The van der Waals surface area contributed by atoms with Crippen molar-refractivity contribution in [1.82, 2.24) is 0 Å². The summed E-state index contributed by atoms with van der Waals surface area (Å²) < 4.78 is 0. The first-order chi connectivity index (χ1) is 7.65. The molecule has 1 aromatic carbocycles. The van der Waals surface area contributed by atoms with Gasteiger partial charge in [-0.3, -0.25) is 15.2 Å². The highest BCUT2D eigenvalue weighted by Gasteiger charge is 2.26. The molecule has 0 unspecified atom stereocenters. The predicted molar refractivity (Wildman–Crippen MR) is 53.2 cm³/mol. The lowest BCUT2D eigenvalue weighted by molar-refractivity contribution is -0.115. The molecule has 1 aromatic rings. The minimum absolute atomic E-state index is 0.236. The number of fused-ring (bicyclic) bond motifs is 1. The summed E-state index contributed by atoms with van der Waals surface area (Å²) in [6.07, 6.45) is 0.989. The number of benzene rings is 1. The van der Waals surface area contributed by atoms with Gasteiger partial charge in [0.2, 0.25) is 0 Å². The van der Waals surface area contributed by atoms with E-state index in [2.05, 4.69) is 5.11 Å². The number of para-hydroxylation sites is 2. The van der Waals surface area contributed by atoms with Gasteiger partial charge in [-0.2, -0.15) is 0 Å². The Hall–Kier alpha value is -2.25. The van der Waals surface area contributed by atoms with Crippen LogP contribution in [0.1, 0.15) is 0 Å². The van der Waals surface area contributed by atoms with Gasteiger partial charge in [0, 0.05) is 0 Å². The molecular weight excluding hydrogens is 212 g/mol. The highest BCUT2D eigenvalue weighted by molar-refractivity contribution is 5.99. The normalized spacial score (nSPS) is 14.2. The lowest BCUT2D eigenvalue weighted by Gasteiger charge is -2.28. The van der Waals surface area contributed by atoms with Crippen molar-refractivity contribution in [3.8, 4) is 0 Å². The summed E-state index contributed by atoms with van der Waals surface area (Å²) in [4.78, 5) is 11.2. The van der Waals surface area contributed by atoms with Crippen LogP contribution in [0.3, 0.4) is 0 Å². The Morgan fingerprint density at radius 2 is 1.88 bits per heavy atom. The third-order valence-electron chi connectivity index (χ3n) is 2.15. The van der Waals surface area contributed by atoms with Gasteiger partial charge in [0.15, 0.2) is 5.70 Å². The Morgan fingerprint density at radius 1 is 1.25 bits per heavy atom. The maximum Gasteiger partial charge on any atom is 0.315 e. The Bertz CT molecular complexity index is 485. The molecule has 0 atom stereocenters. The lowest BCUT2D eigenvalue weighted by Crippen LogP contribution is -2.31. The molecule has 7 heteroatoms. The first kappa shape index (κ1) is 10.3. The van der Waals surface area contributed by atoms with E-state index in [1.54, 1.807) is 18.2 Å². The molecule has 1 heterocycles. The van der Waals surface area contributed by atoms with Gasteiger partial charge in [0.1, 0.15) is 0 Å². The van der Waals surface area contributed by atoms with Crippen LogP contribution in [0.25, 0.3) is 0 Å². The lowest BCUT2D eigenvalue weighted by atomic mass is 10.2. The number of amides is 1. The summed E-state index contributed by atoms with van der Waals surface area (Å²) in [5.74, 6) is -0.948. The van der Waals surface area contributed by atoms with Gasteiger partial charge in [0.25, 0.3) is 0 Å². The van der Waals surface area contributed by atoms with Crippen LogP contribution in [0.5, 0.6) is 0 Å². The SMILES string of the molecule is N=NC(=O)C1=CN(O)c2ccccc2N1O. The highest BCUT2D eigenvalue weighted by atomic mass is 16.5. The van der Waals surface area contributed by atoms with Crippen molar-refractivity contribution in [2.75, 3.05) is 10.1 Å². The van der Waals surface area contributed by atoms with Gasteiger partial charge < -0.3 is 0 Å². The fraction of sp³-hybridized carbons (Fsp3) is 0. The Labute approximate surface area is 90.2 Å². The van der Waals surface area contributed by atoms with Crippen molar-refractivity contribution in [3.63, 3.8) is 0 Å². The van der Waals surface area contributed by atoms with E-state index >= 15 is 0 Å². The van der Waals surface area contributed by atoms with Gasteiger partial charge in [-0.15, -0.1) is 5.11 Å². The zero-order chi connectivity index (χ0) is 11.7. The third-order valence-corrected chi connectivity index (χ3v) is 2.15. The van der Waals surface area contributed by atoms with Crippen molar-refractivity contribution in [2.45, 2.75) is 0 Å². The second kappa shape index (κ2) is 3.72. The monoisotopic (exact) mass is 220 g/mol. The van der Waals surface area contributed by atoms with E-state index in [-0.39, 0.29) is 11.4 Å². The maximum absolute atomic E-state index is 11.2. The van der Waals surface area contributed by atoms with E-state index in [1.165, 1.54) is 6.07 Å². The molecule has 0 aliphatic carbocycles. The fourth-order valence-electron chi connectivity index (χ4n) is 1.41. The van der Waals surface area contributed by atoms with Gasteiger partial charge in [-0.05, 0) is 12.1 Å². The quantitative estimate of drug-likeness (QED) is 0.622. The van der Waals surface area contributed by atoms with Crippen LogP contribution in [0.15, 0.2) is 41.3 Å². The van der Waals surface area contributed by atoms with E-state index < -0.39 is 5.91 Å². The summed E-state index contributed by atoms with van der Waals surface area (Å²) in [6.45, 7) is 0. The van der Waals surface area contributed by atoms with E-state index in [0.29, 0.717) is 15.8 Å². The molecule has 0 spiro atoms. The molecular formula is C9H8N4O3. The summed E-state index contributed by atoms with van der Waals surface area (Å²) in [5.41, 5.74) is 6.85. The van der Waals surface area contributed by atoms with Crippen LogP contribution in [0, 0.1) is 5.53 Å². The van der Waals surface area contributed by atoms with Crippen LogP contribution in [0.4, 0.5) is 11.4 Å². The molecule has 16 heavy (non-hydrogen) atoms. The summed E-state index contributed by atoms with van der Waals surface area (Å²) in [6, 6.07) is 6.39. The van der Waals surface area contributed by atoms with E-state index in [1.807, 2.05) is 0 Å². The van der Waals surface area contributed by atoms with E-state index in [0.717, 1.165) is 6.20 Å². The number of hydrogen-bond acceptors (Lipinski definition) is 6. The minimum Gasteiger partial charge on any atom is -0.284 e. The molecule has 7 nitrogen and oxygen atoms in total. The average molecular weight is 220 g/mol.